The minimum absolute atomic E-state index is 0.116. The summed E-state index contributed by atoms with van der Waals surface area (Å²) < 4.78 is 0. The quantitative estimate of drug-likeness (QED) is 0.837. The van der Waals surface area contributed by atoms with Crippen molar-refractivity contribution in [3.8, 4) is 0 Å². The Balaban J connectivity index is 1.46. The molecule has 1 aliphatic carbocycles. The number of hydrogen-bond donors (Lipinski definition) is 0. The molecular formula is C21H29N3O2. The average Bonchev–Trinajstić information content (AvgIpc) is 3.30. The zero-order valence-corrected chi connectivity index (χ0v) is 15.7. The number of para-hydroxylation sites is 1. The molecule has 1 atom stereocenters. The fourth-order valence-corrected chi connectivity index (χ4v) is 4.90. The second-order valence-corrected chi connectivity index (χ2v) is 8.32. The van der Waals surface area contributed by atoms with Gasteiger partial charge in [-0.1, -0.05) is 31.0 Å². The maximum atomic E-state index is 12.8. The largest absolute Gasteiger partial charge is 0.341 e. The van der Waals surface area contributed by atoms with Gasteiger partial charge < -0.3 is 9.80 Å². The molecular weight excluding hydrogens is 326 g/mol. The van der Waals surface area contributed by atoms with E-state index < -0.39 is 0 Å². The Morgan fingerprint density at radius 3 is 2.62 bits per heavy atom. The van der Waals surface area contributed by atoms with Crippen LogP contribution in [0.2, 0.25) is 0 Å². The molecule has 140 valence electrons. The first-order chi connectivity index (χ1) is 12.6. The molecule has 3 aliphatic rings. The Morgan fingerprint density at radius 1 is 1.15 bits per heavy atom. The van der Waals surface area contributed by atoms with Gasteiger partial charge in [0.1, 0.15) is 0 Å². The highest BCUT2D eigenvalue weighted by molar-refractivity contribution is 5.96. The predicted octanol–water partition coefficient (Wildman–Crippen LogP) is 2.52. The maximum absolute atomic E-state index is 12.8. The molecule has 0 unspecified atom stereocenters. The highest BCUT2D eigenvalue weighted by atomic mass is 16.2. The summed E-state index contributed by atoms with van der Waals surface area (Å²) in [6.45, 7) is 2.64. The Hall–Kier alpha value is -1.88. The van der Waals surface area contributed by atoms with Crippen molar-refractivity contribution in [2.45, 2.75) is 44.1 Å². The summed E-state index contributed by atoms with van der Waals surface area (Å²) in [5, 5.41) is 0. The number of likely N-dealkylation sites (N-methyl/N-ethyl adjacent to an activating group) is 1. The summed E-state index contributed by atoms with van der Waals surface area (Å²) >= 11 is 0. The first-order valence-corrected chi connectivity index (χ1v) is 9.92. The van der Waals surface area contributed by atoms with E-state index in [0.29, 0.717) is 31.3 Å². The van der Waals surface area contributed by atoms with Crippen LogP contribution in [-0.2, 0) is 9.59 Å². The van der Waals surface area contributed by atoms with Crippen LogP contribution in [0.4, 0.5) is 5.69 Å². The van der Waals surface area contributed by atoms with E-state index >= 15 is 0 Å². The molecule has 2 heterocycles. The molecule has 1 spiro atoms. The van der Waals surface area contributed by atoms with Crippen molar-refractivity contribution in [3.05, 3.63) is 30.3 Å². The van der Waals surface area contributed by atoms with Crippen LogP contribution in [0.1, 0.15) is 38.5 Å². The molecule has 5 nitrogen and oxygen atoms in total. The minimum atomic E-state index is -0.116. The van der Waals surface area contributed by atoms with Crippen molar-refractivity contribution < 1.29 is 9.59 Å². The molecule has 0 N–H and O–H groups in total. The number of likely N-dealkylation sites (tertiary alicyclic amines) is 1. The molecule has 4 rings (SSSR count). The van der Waals surface area contributed by atoms with E-state index in [0.717, 1.165) is 25.2 Å². The summed E-state index contributed by atoms with van der Waals surface area (Å²) in [4.78, 5) is 31.5. The smallest absolute Gasteiger partial charge is 0.241 e. The predicted molar refractivity (Wildman–Crippen MR) is 102 cm³/mol. The van der Waals surface area contributed by atoms with E-state index in [2.05, 4.69) is 4.90 Å². The fraction of sp³-hybridized carbons (Fsp3) is 0.619. The van der Waals surface area contributed by atoms with E-state index in [1.165, 1.54) is 25.7 Å². The molecule has 26 heavy (non-hydrogen) atoms. The van der Waals surface area contributed by atoms with Crippen molar-refractivity contribution in [2.24, 2.45) is 5.92 Å². The number of piperazine rings is 1. The van der Waals surface area contributed by atoms with Crippen LogP contribution >= 0.6 is 0 Å². The van der Waals surface area contributed by atoms with Crippen LogP contribution in [0.5, 0.6) is 0 Å². The molecule has 1 aromatic carbocycles. The molecule has 0 bridgehead atoms. The number of anilines is 1. The van der Waals surface area contributed by atoms with E-state index in [1.807, 2.05) is 47.2 Å². The lowest BCUT2D eigenvalue weighted by molar-refractivity contribution is -0.131. The van der Waals surface area contributed by atoms with Gasteiger partial charge in [0.2, 0.25) is 11.8 Å². The SMILES string of the molecule is CN1CC(=O)N(c2ccccc2)C[C@]12CCN(C(=O)CC1CCCC1)C2. The second kappa shape index (κ2) is 7.03. The Kier molecular flexibility index (Phi) is 4.74. The second-order valence-electron chi connectivity index (χ2n) is 8.32. The number of hydrogen-bond acceptors (Lipinski definition) is 3. The Morgan fingerprint density at radius 2 is 1.88 bits per heavy atom. The molecule has 1 saturated carbocycles. The van der Waals surface area contributed by atoms with E-state index in [-0.39, 0.29) is 11.4 Å². The van der Waals surface area contributed by atoms with Crippen LogP contribution in [-0.4, -0.2) is 60.4 Å². The third kappa shape index (κ3) is 3.25. The van der Waals surface area contributed by atoms with Gasteiger partial charge in [-0.3, -0.25) is 14.5 Å². The zero-order chi connectivity index (χ0) is 18.1. The van der Waals surface area contributed by atoms with Gasteiger partial charge in [-0.2, -0.15) is 0 Å². The van der Waals surface area contributed by atoms with Crippen LogP contribution in [0.3, 0.4) is 0 Å². The van der Waals surface area contributed by atoms with Crippen molar-refractivity contribution in [2.75, 3.05) is 38.1 Å². The molecule has 0 aromatic heterocycles. The van der Waals surface area contributed by atoms with Crippen LogP contribution in [0.25, 0.3) is 0 Å². The minimum Gasteiger partial charge on any atom is -0.341 e. The van der Waals surface area contributed by atoms with Crippen molar-refractivity contribution in [1.82, 2.24) is 9.80 Å². The Labute approximate surface area is 155 Å². The fourth-order valence-electron chi connectivity index (χ4n) is 4.90. The third-order valence-electron chi connectivity index (χ3n) is 6.63. The van der Waals surface area contributed by atoms with Gasteiger partial charge in [0.05, 0.1) is 12.1 Å². The summed E-state index contributed by atoms with van der Waals surface area (Å²) in [6, 6.07) is 9.90. The molecule has 5 heteroatoms. The number of benzene rings is 1. The lowest BCUT2D eigenvalue weighted by Crippen LogP contribution is -2.64. The highest BCUT2D eigenvalue weighted by Gasteiger charge is 2.48. The van der Waals surface area contributed by atoms with Crippen molar-refractivity contribution >= 4 is 17.5 Å². The van der Waals surface area contributed by atoms with Gasteiger partial charge in [0, 0.05) is 31.7 Å². The summed E-state index contributed by atoms with van der Waals surface area (Å²) in [7, 11) is 2.03. The number of nitrogens with zero attached hydrogens (tertiary/aromatic N) is 3. The third-order valence-corrected chi connectivity index (χ3v) is 6.63. The van der Waals surface area contributed by atoms with Crippen LogP contribution < -0.4 is 4.90 Å². The van der Waals surface area contributed by atoms with Crippen molar-refractivity contribution in [3.63, 3.8) is 0 Å². The van der Waals surface area contributed by atoms with Gasteiger partial charge in [0.25, 0.3) is 0 Å². The maximum Gasteiger partial charge on any atom is 0.241 e. The van der Waals surface area contributed by atoms with Gasteiger partial charge in [0.15, 0.2) is 0 Å². The monoisotopic (exact) mass is 355 g/mol. The van der Waals surface area contributed by atoms with Crippen LogP contribution in [0, 0.1) is 5.92 Å². The number of amides is 2. The molecule has 2 aliphatic heterocycles. The van der Waals surface area contributed by atoms with Crippen LogP contribution in [0.15, 0.2) is 30.3 Å². The Bertz CT molecular complexity index is 671. The highest BCUT2D eigenvalue weighted by Crippen LogP contribution is 2.35. The lowest BCUT2D eigenvalue weighted by Gasteiger charge is -2.46. The summed E-state index contributed by atoms with van der Waals surface area (Å²) in [5.74, 6) is 1.04. The topological polar surface area (TPSA) is 43.9 Å². The summed E-state index contributed by atoms with van der Waals surface area (Å²) in [6.07, 6.45) is 6.62. The molecule has 3 fully saturated rings. The lowest BCUT2D eigenvalue weighted by atomic mass is 9.92. The molecule has 0 radical (unpaired) electrons. The van der Waals surface area contributed by atoms with E-state index in [4.69, 9.17) is 0 Å². The van der Waals surface area contributed by atoms with Gasteiger partial charge >= 0.3 is 0 Å². The van der Waals surface area contributed by atoms with Gasteiger partial charge in [-0.05, 0) is 44.4 Å². The number of carbonyl (C=O) groups is 2. The standard InChI is InChI=1S/C21H29N3O2/c1-22-14-20(26)24(18-9-3-2-4-10-18)16-21(22)11-12-23(15-21)19(25)13-17-7-5-6-8-17/h2-4,9-10,17H,5-8,11-16H2,1H3/t21-/m1/s1. The van der Waals surface area contributed by atoms with Crippen molar-refractivity contribution in [1.29, 1.82) is 0 Å². The van der Waals surface area contributed by atoms with Gasteiger partial charge in [-0.15, -0.1) is 0 Å². The normalized spacial score (nSPS) is 27.7. The molecule has 2 saturated heterocycles. The van der Waals surface area contributed by atoms with Gasteiger partial charge in [-0.25, -0.2) is 0 Å². The average molecular weight is 355 g/mol. The zero-order valence-electron chi connectivity index (χ0n) is 15.7. The first-order valence-electron chi connectivity index (χ1n) is 9.92. The number of rotatable bonds is 3. The van der Waals surface area contributed by atoms with E-state index in [1.54, 1.807) is 0 Å². The first kappa shape index (κ1) is 17.5. The number of carbonyl (C=O) groups excluding carboxylic acids is 2. The molecule has 2 amide bonds. The molecule has 1 aromatic rings. The summed E-state index contributed by atoms with van der Waals surface area (Å²) in [5.41, 5.74) is 0.843. The van der Waals surface area contributed by atoms with E-state index in [9.17, 15) is 9.59 Å².